The van der Waals surface area contributed by atoms with Crippen molar-refractivity contribution in [2.75, 3.05) is 13.2 Å². The lowest BCUT2D eigenvalue weighted by Crippen LogP contribution is -2.24. The number of benzene rings is 2. The first-order chi connectivity index (χ1) is 12.1. The third kappa shape index (κ3) is 6.43. The minimum absolute atomic E-state index is 0.118. The van der Waals surface area contributed by atoms with E-state index < -0.39 is 0 Å². The second kappa shape index (κ2) is 9.64. The maximum Gasteiger partial charge on any atom is 0.184 e. The molecular weight excluding hydrogens is 334 g/mol. The average molecular weight is 357 g/mol. The molecule has 0 fully saturated rings. The lowest BCUT2D eigenvalue weighted by Gasteiger charge is -2.11. The van der Waals surface area contributed by atoms with E-state index in [9.17, 15) is 0 Å². The van der Waals surface area contributed by atoms with E-state index in [1.54, 1.807) is 6.21 Å². The van der Waals surface area contributed by atoms with Gasteiger partial charge in [-0.3, -0.25) is 5.43 Å². The Balaban J connectivity index is 1.89. The van der Waals surface area contributed by atoms with Crippen LogP contribution in [0.25, 0.3) is 0 Å². The van der Waals surface area contributed by atoms with Crippen molar-refractivity contribution in [3.63, 3.8) is 0 Å². The molecule has 5 nitrogen and oxygen atoms in total. The van der Waals surface area contributed by atoms with Gasteiger partial charge in [0.05, 0.1) is 6.21 Å². The average Bonchev–Trinajstić information content (AvgIpc) is 2.59. The van der Waals surface area contributed by atoms with Gasteiger partial charge in [-0.05, 0) is 61.0 Å². The van der Waals surface area contributed by atoms with Gasteiger partial charge in [0, 0.05) is 5.56 Å². The van der Waals surface area contributed by atoms with Gasteiger partial charge in [-0.1, -0.05) is 25.1 Å². The largest absolute Gasteiger partial charge is 0.490 e. The molecule has 0 aromatic heterocycles. The monoisotopic (exact) mass is 357 g/mol. The molecule has 2 rings (SSSR count). The number of hydrogen-bond donors (Lipinski definition) is 2. The molecule has 6 heteroatoms. The van der Waals surface area contributed by atoms with Gasteiger partial charge in [0.1, 0.15) is 24.7 Å². The summed E-state index contributed by atoms with van der Waals surface area (Å²) in [6.45, 7) is 5.09. The van der Waals surface area contributed by atoms with Gasteiger partial charge in [0.2, 0.25) is 0 Å². The van der Waals surface area contributed by atoms with Crippen molar-refractivity contribution in [2.24, 2.45) is 10.8 Å². The van der Waals surface area contributed by atoms with Crippen molar-refractivity contribution < 1.29 is 9.47 Å². The highest BCUT2D eigenvalue weighted by Crippen LogP contribution is 2.18. The SMILES string of the molecule is CCc1cc(C)cc(OCCOc2ccccc2/C=N\NC(N)=S)c1. The van der Waals surface area contributed by atoms with Gasteiger partial charge in [-0.15, -0.1) is 0 Å². The van der Waals surface area contributed by atoms with Gasteiger partial charge < -0.3 is 15.2 Å². The Hall–Kier alpha value is -2.60. The van der Waals surface area contributed by atoms with Gasteiger partial charge >= 0.3 is 0 Å². The molecule has 0 aliphatic heterocycles. The van der Waals surface area contributed by atoms with Gasteiger partial charge in [-0.2, -0.15) is 5.10 Å². The predicted molar refractivity (Wildman–Crippen MR) is 106 cm³/mol. The maximum absolute atomic E-state index is 5.80. The van der Waals surface area contributed by atoms with E-state index in [1.165, 1.54) is 11.1 Å². The smallest absolute Gasteiger partial charge is 0.184 e. The molecule has 0 amide bonds. The van der Waals surface area contributed by atoms with Crippen LogP contribution in [0.2, 0.25) is 0 Å². The van der Waals surface area contributed by atoms with Crippen LogP contribution in [-0.2, 0) is 6.42 Å². The molecule has 0 atom stereocenters. The lowest BCUT2D eigenvalue weighted by atomic mass is 10.1. The fourth-order valence-corrected chi connectivity index (χ4v) is 2.36. The molecule has 0 aliphatic rings. The Morgan fingerprint density at radius 2 is 1.96 bits per heavy atom. The van der Waals surface area contributed by atoms with Crippen LogP contribution >= 0.6 is 12.2 Å². The first-order valence-electron chi connectivity index (χ1n) is 8.12. The van der Waals surface area contributed by atoms with Crippen LogP contribution in [0.5, 0.6) is 11.5 Å². The summed E-state index contributed by atoms with van der Waals surface area (Å²) >= 11 is 4.71. The Morgan fingerprint density at radius 3 is 2.72 bits per heavy atom. The number of nitrogens with zero attached hydrogens (tertiary/aromatic N) is 1. The number of aryl methyl sites for hydroxylation is 2. The number of hydrogen-bond acceptors (Lipinski definition) is 4. The van der Waals surface area contributed by atoms with E-state index in [0.29, 0.717) is 13.2 Å². The van der Waals surface area contributed by atoms with Gasteiger partial charge in [0.15, 0.2) is 5.11 Å². The van der Waals surface area contributed by atoms with Crippen LogP contribution < -0.4 is 20.6 Å². The summed E-state index contributed by atoms with van der Waals surface area (Å²) in [6.07, 6.45) is 2.60. The molecule has 0 radical (unpaired) electrons. The molecular formula is C19H23N3O2S. The minimum Gasteiger partial charge on any atom is -0.490 e. The summed E-state index contributed by atoms with van der Waals surface area (Å²) in [5.74, 6) is 1.59. The van der Waals surface area contributed by atoms with Crippen molar-refractivity contribution in [1.29, 1.82) is 0 Å². The maximum atomic E-state index is 5.80. The van der Waals surface area contributed by atoms with E-state index in [0.717, 1.165) is 23.5 Å². The molecule has 0 heterocycles. The number of nitrogens with one attached hydrogen (secondary N) is 1. The molecule has 0 bridgehead atoms. The van der Waals surface area contributed by atoms with E-state index in [2.05, 4.69) is 36.5 Å². The van der Waals surface area contributed by atoms with Gasteiger partial charge in [0.25, 0.3) is 0 Å². The number of rotatable bonds is 8. The van der Waals surface area contributed by atoms with E-state index >= 15 is 0 Å². The van der Waals surface area contributed by atoms with Crippen LogP contribution in [0.3, 0.4) is 0 Å². The highest BCUT2D eigenvalue weighted by molar-refractivity contribution is 7.80. The van der Waals surface area contributed by atoms with E-state index in [1.807, 2.05) is 30.3 Å². The van der Waals surface area contributed by atoms with Crippen LogP contribution in [0.4, 0.5) is 0 Å². The lowest BCUT2D eigenvalue weighted by molar-refractivity contribution is 0.217. The quantitative estimate of drug-likeness (QED) is 0.329. The molecule has 2 aromatic rings. The molecule has 2 aromatic carbocycles. The zero-order valence-corrected chi connectivity index (χ0v) is 15.3. The first kappa shape index (κ1) is 18.7. The van der Waals surface area contributed by atoms with E-state index in [4.69, 9.17) is 27.4 Å². The van der Waals surface area contributed by atoms with Crippen molar-refractivity contribution in [3.8, 4) is 11.5 Å². The zero-order chi connectivity index (χ0) is 18.1. The second-order valence-electron chi connectivity index (χ2n) is 5.48. The molecule has 0 unspecified atom stereocenters. The van der Waals surface area contributed by atoms with Crippen LogP contribution in [0.1, 0.15) is 23.6 Å². The van der Waals surface area contributed by atoms with Crippen molar-refractivity contribution in [1.82, 2.24) is 5.43 Å². The van der Waals surface area contributed by atoms with Crippen molar-refractivity contribution in [3.05, 3.63) is 59.2 Å². The third-order valence-electron chi connectivity index (χ3n) is 3.43. The Morgan fingerprint density at radius 1 is 1.20 bits per heavy atom. The van der Waals surface area contributed by atoms with Crippen molar-refractivity contribution in [2.45, 2.75) is 20.3 Å². The highest BCUT2D eigenvalue weighted by atomic mass is 32.1. The molecule has 0 aliphatic carbocycles. The molecule has 132 valence electrons. The minimum atomic E-state index is 0.118. The number of ether oxygens (including phenoxy) is 2. The zero-order valence-electron chi connectivity index (χ0n) is 14.5. The Kier molecular flexibility index (Phi) is 7.22. The molecule has 0 saturated carbocycles. The summed E-state index contributed by atoms with van der Waals surface area (Å²) in [6, 6.07) is 13.8. The Labute approximate surface area is 153 Å². The number of nitrogens with two attached hydrogens (primary N) is 1. The van der Waals surface area contributed by atoms with Gasteiger partial charge in [-0.25, -0.2) is 0 Å². The fraction of sp³-hybridized carbons (Fsp3) is 0.263. The number of hydrazone groups is 1. The molecule has 0 spiro atoms. The second-order valence-corrected chi connectivity index (χ2v) is 5.92. The predicted octanol–water partition coefficient (Wildman–Crippen LogP) is 3.18. The summed E-state index contributed by atoms with van der Waals surface area (Å²) < 4.78 is 11.6. The summed E-state index contributed by atoms with van der Waals surface area (Å²) in [7, 11) is 0. The molecule has 3 N–H and O–H groups in total. The van der Waals surface area contributed by atoms with E-state index in [-0.39, 0.29) is 5.11 Å². The molecule has 25 heavy (non-hydrogen) atoms. The summed E-state index contributed by atoms with van der Waals surface area (Å²) in [4.78, 5) is 0. The summed E-state index contributed by atoms with van der Waals surface area (Å²) in [5, 5.41) is 4.07. The van der Waals surface area contributed by atoms with Crippen LogP contribution in [0, 0.1) is 6.92 Å². The van der Waals surface area contributed by atoms with Crippen LogP contribution in [0.15, 0.2) is 47.6 Å². The highest BCUT2D eigenvalue weighted by Gasteiger charge is 2.02. The number of para-hydroxylation sites is 1. The number of thiocarbonyl (C=S) groups is 1. The summed E-state index contributed by atoms with van der Waals surface area (Å²) in [5.41, 5.74) is 11.2. The fourth-order valence-electron chi connectivity index (χ4n) is 2.31. The molecule has 0 saturated heterocycles. The Bertz CT molecular complexity index is 747. The topological polar surface area (TPSA) is 68.9 Å². The van der Waals surface area contributed by atoms with Crippen LogP contribution in [-0.4, -0.2) is 24.5 Å². The normalized spacial score (nSPS) is 10.6. The first-order valence-corrected chi connectivity index (χ1v) is 8.53. The van der Waals surface area contributed by atoms with Crippen molar-refractivity contribution >= 4 is 23.5 Å². The third-order valence-corrected chi connectivity index (χ3v) is 3.52. The standard InChI is InChI=1S/C19H23N3O2S/c1-3-15-10-14(2)11-17(12-15)23-8-9-24-18-7-5-4-6-16(18)13-21-22-19(20)25/h4-7,10-13H,3,8-9H2,1-2H3,(H3,20,22,25)/b21-13-.